The summed E-state index contributed by atoms with van der Waals surface area (Å²) in [5.41, 5.74) is 7.10. The van der Waals surface area contributed by atoms with Gasteiger partial charge in [0.1, 0.15) is 12.2 Å². The van der Waals surface area contributed by atoms with E-state index in [9.17, 15) is 13.2 Å². The highest BCUT2D eigenvalue weighted by molar-refractivity contribution is 5.44. The molecule has 3 aromatic carbocycles. The van der Waals surface area contributed by atoms with Gasteiger partial charge in [0.15, 0.2) is 0 Å². The first kappa shape index (κ1) is 30.0. The first-order chi connectivity index (χ1) is 14.9. The van der Waals surface area contributed by atoms with Crippen molar-refractivity contribution in [1.29, 1.82) is 0 Å². The van der Waals surface area contributed by atoms with Gasteiger partial charge < -0.3 is 4.79 Å². The Bertz CT molecular complexity index is 950. The van der Waals surface area contributed by atoms with Crippen LogP contribution in [0.15, 0.2) is 60.7 Å². The molecule has 0 unspecified atom stereocenters. The zero-order valence-corrected chi connectivity index (χ0v) is 20.4. The third-order valence-electron chi connectivity index (χ3n) is 5.48. The van der Waals surface area contributed by atoms with E-state index in [1.807, 2.05) is 27.7 Å². The average Bonchev–Trinajstić information content (AvgIpc) is 2.70. The largest absolute Gasteiger partial charge is 0.399 e. The molecule has 0 bridgehead atoms. The highest BCUT2D eigenvalue weighted by Gasteiger charge is 2.42. The fourth-order valence-electron chi connectivity index (χ4n) is 3.12. The van der Waals surface area contributed by atoms with E-state index in [2.05, 4.69) is 38.1 Å². The lowest BCUT2D eigenvalue weighted by atomic mass is 9.87. The molecule has 0 atom stereocenters. The number of hydrogen-bond acceptors (Lipinski definition) is 1. The summed E-state index contributed by atoms with van der Waals surface area (Å²) in [6, 6.07) is 18.3. The van der Waals surface area contributed by atoms with Crippen molar-refractivity contribution in [1.82, 2.24) is 0 Å². The molecule has 3 aromatic rings. The standard InChI is InChI=1S/C18H19F3.C8H10.C2H4O.FH/c1-11-5-7-15(9-13(11)3)17(18(19,20)21)16-8-6-12(2)14(4)10-16;1-7-5-3-4-6-8(7)2;1-2-3;/h5-10,17H,1-4H3;3-6H,1-2H3;2H,1H3;1H. The van der Waals surface area contributed by atoms with Crippen LogP contribution in [0.3, 0.4) is 0 Å². The van der Waals surface area contributed by atoms with Gasteiger partial charge >= 0.3 is 6.18 Å². The third-order valence-corrected chi connectivity index (χ3v) is 5.48. The molecule has 0 aliphatic carbocycles. The van der Waals surface area contributed by atoms with E-state index in [-0.39, 0.29) is 4.70 Å². The zero-order chi connectivity index (χ0) is 24.5. The Hall–Kier alpha value is -2.95. The van der Waals surface area contributed by atoms with Crippen molar-refractivity contribution < 1.29 is 22.7 Å². The first-order valence-electron chi connectivity index (χ1n) is 10.5. The summed E-state index contributed by atoms with van der Waals surface area (Å²) >= 11 is 0. The van der Waals surface area contributed by atoms with Crippen molar-refractivity contribution in [2.75, 3.05) is 0 Å². The molecule has 0 aromatic heterocycles. The molecule has 0 N–H and O–H groups in total. The molecule has 0 heterocycles. The van der Waals surface area contributed by atoms with Crippen LogP contribution in [0.4, 0.5) is 17.9 Å². The lowest BCUT2D eigenvalue weighted by molar-refractivity contribution is -0.141. The average molecular weight is 463 g/mol. The Morgan fingerprint density at radius 1 is 0.636 bits per heavy atom. The Morgan fingerprint density at radius 3 is 1.18 bits per heavy atom. The quantitative estimate of drug-likeness (QED) is 0.277. The topological polar surface area (TPSA) is 17.1 Å². The highest BCUT2D eigenvalue weighted by atomic mass is 19.4. The van der Waals surface area contributed by atoms with Crippen molar-refractivity contribution in [3.8, 4) is 0 Å². The third kappa shape index (κ3) is 9.21. The lowest BCUT2D eigenvalue weighted by Crippen LogP contribution is -2.22. The molecule has 3 rings (SSSR count). The van der Waals surface area contributed by atoms with Gasteiger partial charge in [-0.05, 0) is 93.0 Å². The molecule has 0 radical (unpaired) electrons. The summed E-state index contributed by atoms with van der Waals surface area (Å²) in [6.07, 6.45) is -3.55. The van der Waals surface area contributed by atoms with Gasteiger partial charge in [-0.2, -0.15) is 13.2 Å². The molecule has 0 saturated carbocycles. The molecular formula is C28H34F4O. The Balaban J connectivity index is 0.000000710. The number of halogens is 4. The van der Waals surface area contributed by atoms with E-state index < -0.39 is 12.1 Å². The van der Waals surface area contributed by atoms with Gasteiger partial charge in [-0.1, -0.05) is 60.7 Å². The van der Waals surface area contributed by atoms with Crippen LogP contribution in [0.2, 0.25) is 0 Å². The smallest absolute Gasteiger partial charge is 0.304 e. The molecule has 0 spiro atoms. The predicted molar refractivity (Wildman–Crippen MR) is 130 cm³/mol. The SMILES string of the molecule is CC=O.Cc1ccc(C(c2ccc(C)c(C)c2)C(F)(F)F)cc1C.Cc1ccccc1C.F. The molecule has 0 fully saturated rings. The summed E-state index contributed by atoms with van der Waals surface area (Å²) in [4.78, 5) is 8.81. The number of rotatable bonds is 2. The normalized spacial score (nSPS) is 10.3. The Morgan fingerprint density at radius 2 is 0.939 bits per heavy atom. The molecule has 0 saturated heterocycles. The van der Waals surface area contributed by atoms with Crippen LogP contribution in [0.1, 0.15) is 57.3 Å². The van der Waals surface area contributed by atoms with Gasteiger partial charge in [0, 0.05) is 0 Å². The molecule has 0 amide bonds. The minimum Gasteiger partial charge on any atom is -0.304 e. The second-order valence-electron chi connectivity index (χ2n) is 7.98. The number of alkyl halides is 3. The number of carbonyl (C=O) groups excluding carboxylic acids is 1. The van der Waals surface area contributed by atoms with Crippen LogP contribution in [0, 0.1) is 41.5 Å². The molecule has 33 heavy (non-hydrogen) atoms. The number of benzene rings is 3. The summed E-state index contributed by atoms with van der Waals surface area (Å²) in [5, 5.41) is 0. The van der Waals surface area contributed by atoms with E-state index >= 15 is 0 Å². The first-order valence-corrected chi connectivity index (χ1v) is 10.5. The van der Waals surface area contributed by atoms with Gasteiger partial charge in [-0.3, -0.25) is 4.70 Å². The molecule has 0 aliphatic heterocycles. The molecule has 1 nitrogen and oxygen atoms in total. The van der Waals surface area contributed by atoms with E-state index in [0.717, 1.165) is 28.5 Å². The van der Waals surface area contributed by atoms with E-state index in [1.165, 1.54) is 18.1 Å². The van der Waals surface area contributed by atoms with Crippen LogP contribution in [0.25, 0.3) is 0 Å². The second kappa shape index (κ2) is 13.6. The van der Waals surface area contributed by atoms with Crippen molar-refractivity contribution in [2.45, 2.75) is 60.6 Å². The van der Waals surface area contributed by atoms with Gasteiger partial charge in [-0.25, -0.2) is 0 Å². The number of aryl methyl sites for hydroxylation is 6. The van der Waals surface area contributed by atoms with E-state index in [1.54, 1.807) is 36.4 Å². The highest BCUT2D eigenvalue weighted by Crippen LogP contribution is 2.41. The zero-order valence-electron chi connectivity index (χ0n) is 20.4. The Labute approximate surface area is 195 Å². The Kier molecular flexibility index (Phi) is 12.4. The van der Waals surface area contributed by atoms with Crippen LogP contribution in [-0.4, -0.2) is 12.5 Å². The van der Waals surface area contributed by atoms with Gasteiger partial charge in [0.2, 0.25) is 0 Å². The maximum atomic E-state index is 13.6. The molecular weight excluding hydrogens is 428 g/mol. The fourth-order valence-corrected chi connectivity index (χ4v) is 3.12. The summed E-state index contributed by atoms with van der Waals surface area (Å²) in [6.45, 7) is 13.2. The summed E-state index contributed by atoms with van der Waals surface area (Å²) < 4.78 is 40.7. The van der Waals surface area contributed by atoms with Crippen molar-refractivity contribution in [3.05, 3.63) is 105 Å². The lowest BCUT2D eigenvalue weighted by Gasteiger charge is -2.23. The van der Waals surface area contributed by atoms with Gasteiger partial charge in [-0.15, -0.1) is 0 Å². The second-order valence-corrected chi connectivity index (χ2v) is 7.98. The summed E-state index contributed by atoms with van der Waals surface area (Å²) in [7, 11) is 0. The van der Waals surface area contributed by atoms with Crippen molar-refractivity contribution in [3.63, 3.8) is 0 Å². The van der Waals surface area contributed by atoms with Gasteiger partial charge in [0.25, 0.3) is 0 Å². The van der Waals surface area contributed by atoms with Crippen molar-refractivity contribution in [2.24, 2.45) is 0 Å². The molecule has 180 valence electrons. The number of carbonyl (C=O) groups is 1. The van der Waals surface area contributed by atoms with Crippen molar-refractivity contribution >= 4 is 6.29 Å². The van der Waals surface area contributed by atoms with Crippen LogP contribution < -0.4 is 0 Å². The maximum Gasteiger partial charge on any atom is 0.399 e. The van der Waals surface area contributed by atoms with Crippen LogP contribution in [0.5, 0.6) is 0 Å². The molecule has 5 heteroatoms. The van der Waals surface area contributed by atoms with E-state index in [0.29, 0.717) is 11.1 Å². The monoisotopic (exact) mass is 462 g/mol. The number of hydrogen-bond donors (Lipinski definition) is 0. The number of aldehydes is 1. The summed E-state index contributed by atoms with van der Waals surface area (Å²) in [5.74, 6) is -1.57. The fraction of sp³-hybridized carbons (Fsp3) is 0.321. The van der Waals surface area contributed by atoms with Crippen LogP contribution in [-0.2, 0) is 4.79 Å². The van der Waals surface area contributed by atoms with Gasteiger partial charge in [0.05, 0.1) is 0 Å². The minimum atomic E-state index is -4.30. The minimum absolute atomic E-state index is 0. The van der Waals surface area contributed by atoms with Crippen LogP contribution >= 0.6 is 0 Å². The van der Waals surface area contributed by atoms with E-state index in [4.69, 9.17) is 4.79 Å². The predicted octanol–water partition coefficient (Wildman–Crippen LogP) is 8.28. The maximum absolute atomic E-state index is 13.6. The molecule has 0 aliphatic rings.